The van der Waals surface area contributed by atoms with Gasteiger partial charge in [-0.2, -0.15) is 10.4 Å². The highest BCUT2D eigenvalue weighted by Crippen LogP contribution is 2.32. The first-order valence-corrected chi connectivity index (χ1v) is 5.63. The number of hydrogen-bond donors (Lipinski definition) is 0. The molecule has 1 fully saturated rings. The van der Waals surface area contributed by atoms with Crippen LogP contribution in [0.15, 0.2) is 12.4 Å². The Hall–Kier alpha value is -2.09. The van der Waals surface area contributed by atoms with Crippen molar-refractivity contribution in [1.82, 2.24) is 14.8 Å². The Balaban J connectivity index is 2.06. The SMILES string of the molecule is Cn1ncc2c(OCC3CC3)c(C#N)cnc21. The van der Waals surface area contributed by atoms with Gasteiger partial charge in [0.2, 0.25) is 0 Å². The number of hydrogen-bond acceptors (Lipinski definition) is 4. The predicted octanol–water partition coefficient (Wildman–Crippen LogP) is 1.63. The number of aryl methyl sites for hydroxylation is 1. The normalized spacial score (nSPS) is 14.8. The fourth-order valence-electron chi connectivity index (χ4n) is 1.79. The van der Waals surface area contributed by atoms with E-state index in [0.29, 0.717) is 23.8 Å². The maximum atomic E-state index is 9.07. The van der Waals surface area contributed by atoms with Gasteiger partial charge >= 0.3 is 0 Å². The van der Waals surface area contributed by atoms with Gasteiger partial charge in [0, 0.05) is 7.05 Å². The van der Waals surface area contributed by atoms with Crippen molar-refractivity contribution in [2.24, 2.45) is 13.0 Å². The van der Waals surface area contributed by atoms with Gasteiger partial charge in [-0.15, -0.1) is 0 Å². The van der Waals surface area contributed by atoms with Gasteiger partial charge < -0.3 is 4.74 Å². The van der Waals surface area contributed by atoms with E-state index in [2.05, 4.69) is 16.2 Å². The molecule has 1 aliphatic carbocycles. The Morgan fingerprint density at radius 2 is 2.35 bits per heavy atom. The lowest BCUT2D eigenvalue weighted by atomic mass is 10.2. The van der Waals surface area contributed by atoms with E-state index < -0.39 is 0 Å². The zero-order valence-corrected chi connectivity index (χ0v) is 9.55. The van der Waals surface area contributed by atoms with Crippen LogP contribution < -0.4 is 4.74 Å². The summed E-state index contributed by atoms with van der Waals surface area (Å²) in [5.74, 6) is 1.28. The molecule has 0 aromatic carbocycles. The summed E-state index contributed by atoms with van der Waals surface area (Å²) in [5.41, 5.74) is 1.22. The molecule has 0 saturated heterocycles. The van der Waals surface area contributed by atoms with Gasteiger partial charge in [-0.1, -0.05) is 0 Å². The fraction of sp³-hybridized carbons (Fsp3) is 0.417. The largest absolute Gasteiger partial charge is 0.491 e. The fourth-order valence-corrected chi connectivity index (χ4v) is 1.79. The van der Waals surface area contributed by atoms with Gasteiger partial charge in [0.15, 0.2) is 11.4 Å². The predicted molar refractivity (Wildman–Crippen MR) is 61.4 cm³/mol. The average molecular weight is 228 g/mol. The van der Waals surface area contributed by atoms with Gasteiger partial charge in [0.25, 0.3) is 0 Å². The van der Waals surface area contributed by atoms with E-state index in [1.807, 2.05) is 7.05 Å². The molecule has 17 heavy (non-hydrogen) atoms. The molecular formula is C12H12N4O. The molecule has 5 heteroatoms. The summed E-state index contributed by atoms with van der Waals surface area (Å²) in [4.78, 5) is 4.21. The second kappa shape index (κ2) is 3.74. The third-order valence-corrected chi connectivity index (χ3v) is 2.99. The van der Waals surface area contributed by atoms with Gasteiger partial charge in [-0.25, -0.2) is 4.98 Å². The first-order chi connectivity index (χ1) is 8.29. The molecular weight excluding hydrogens is 216 g/mol. The summed E-state index contributed by atoms with van der Waals surface area (Å²) in [7, 11) is 1.83. The van der Waals surface area contributed by atoms with Crippen molar-refractivity contribution in [3.8, 4) is 11.8 Å². The molecule has 86 valence electrons. The lowest BCUT2D eigenvalue weighted by molar-refractivity contribution is 0.302. The van der Waals surface area contributed by atoms with Crippen molar-refractivity contribution in [2.45, 2.75) is 12.8 Å². The topological polar surface area (TPSA) is 63.7 Å². The van der Waals surface area contributed by atoms with Crippen molar-refractivity contribution in [3.63, 3.8) is 0 Å². The molecule has 0 radical (unpaired) electrons. The summed E-state index contributed by atoms with van der Waals surface area (Å²) in [6, 6.07) is 2.12. The van der Waals surface area contributed by atoms with Crippen LogP contribution in [-0.2, 0) is 7.05 Å². The maximum absolute atomic E-state index is 9.07. The van der Waals surface area contributed by atoms with Crippen molar-refractivity contribution < 1.29 is 4.74 Å². The van der Waals surface area contributed by atoms with Crippen LogP contribution >= 0.6 is 0 Å². The lowest BCUT2D eigenvalue weighted by Crippen LogP contribution is -2.02. The van der Waals surface area contributed by atoms with Crippen LogP contribution in [0.2, 0.25) is 0 Å². The lowest BCUT2D eigenvalue weighted by Gasteiger charge is -2.07. The van der Waals surface area contributed by atoms with Crippen molar-refractivity contribution in [3.05, 3.63) is 18.0 Å². The molecule has 2 aromatic rings. The molecule has 0 atom stereocenters. The Kier molecular flexibility index (Phi) is 2.22. The van der Waals surface area contributed by atoms with E-state index in [1.54, 1.807) is 17.1 Å². The number of fused-ring (bicyclic) bond motifs is 1. The number of rotatable bonds is 3. The van der Waals surface area contributed by atoms with E-state index in [0.717, 1.165) is 11.0 Å². The van der Waals surface area contributed by atoms with Crippen molar-refractivity contribution in [2.75, 3.05) is 6.61 Å². The minimum Gasteiger partial charge on any atom is -0.491 e. The molecule has 1 aliphatic rings. The van der Waals surface area contributed by atoms with Crippen LogP contribution in [0.1, 0.15) is 18.4 Å². The number of aromatic nitrogens is 3. The summed E-state index contributed by atoms with van der Waals surface area (Å²) in [5, 5.41) is 14.0. The zero-order chi connectivity index (χ0) is 11.8. The highest BCUT2D eigenvalue weighted by Gasteiger charge is 2.23. The zero-order valence-electron chi connectivity index (χ0n) is 9.55. The highest BCUT2D eigenvalue weighted by molar-refractivity contribution is 5.84. The minimum absolute atomic E-state index is 0.478. The summed E-state index contributed by atoms with van der Waals surface area (Å²) < 4.78 is 7.44. The van der Waals surface area contributed by atoms with Crippen LogP contribution in [0.5, 0.6) is 5.75 Å². The molecule has 0 spiro atoms. The van der Waals surface area contributed by atoms with Crippen molar-refractivity contribution in [1.29, 1.82) is 5.26 Å². The molecule has 2 aromatic heterocycles. The number of pyridine rings is 1. The second-order valence-corrected chi connectivity index (χ2v) is 4.37. The van der Waals surface area contributed by atoms with Crippen LogP contribution in [0.3, 0.4) is 0 Å². The van der Waals surface area contributed by atoms with E-state index in [-0.39, 0.29) is 0 Å². The number of nitriles is 1. The molecule has 0 bridgehead atoms. The first-order valence-electron chi connectivity index (χ1n) is 5.63. The van der Waals surface area contributed by atoms with E-state index in [4.69, 9.17) is 10.00 Å². The van der Waals surface area contributed by atoms with Crippen LogP contribution in [0.4, 0.5) is 0 Å². The molecule has 0 amide bonds. The summed E-state index contributed by atoms with van der Waals surface area (Å²) >= 11 is 0. The standard InChI is InChI=1S/C12H12N4O/c1-16-12-10(6-15-16)11(9(4-13)5-14-12)17-7-8-2-3-8/h5-6,8H,2-3,7H2,1H3. The molecule has 0 N–H and O–H groups in total. The molecule has 5 nitrogen and oxygen atoms in total. The summed E-state index contributed by atoms with van der Waals surface area (Å²) in [6.07, 6.45) is 5.70. The van der Waals surface area contributed by atoms with Crippen LogP contribution in [0.25, 0.3) is 11.0 Å². The Bertz CT molecular complexity index is 607. The van der Waals surface area contributed by atoms with Gasteiger partial charge in [-0.05, 0) is 18.8 Å². The highest BCUT2D eigenvalue weighted by atomic mass is 16.5. The summed E-state index contributed by atoms with van der Waals surface area (Å²) in [6.45, 7) is 0.683. The van der Waals surface area contributed by atoms with Crippen LogP contribution in [-0.4, -0.2) is 21.4 Å². The molecule has 1 saturated carbocycles. The first kappa shape index (κ1) is 10.1. The third kappa shape index (κ3) is 1.72. The molecule has 2 heterocycles. The Morgan fingerprint density at radius 3 is 3.06 bits per heavy atom. The van der Waals surface area contributed by atoms with Gasteiger partial charge in [0.1, 0.15) is 11.6 Å². The minimum atomic E-state index is 0.478. The molecule has 0 unspecified atom stereocenters. The van der Waals surface area contributed by atoms with Crippen LogP contribution in [0, 0.1) is 17.2 Å². The maximum Gasteiger partial charge on any atom is 0.161 e. The van der Waals surface area contributed by atoms with E-state index >= 15 is 0 Å². The average Bonchev–Trinajstić information content (AvgIpc) is 3.10. The Labute approximate surface area is 98.6 Å². The Morgan fingerprint density at radius 1 is 1.53 bits per heavy atom. The quantitative estimate of drug-likeness (QED) is 0.800. The third-order valence-electron chi connectivity index (χ3n) is 2.99. The van der Waals surface area contributed by atoms with Gasteiger partial charge in [-0.3, -0.25) is 4.68 Å². The second-order valence-electron chi connectivity index (χ2n) is 4.37. The van der Waals surface area contributed by atoms with E-state index in [1.165, 1.54) is 12.8 Å². The molecule has 3 rings (SSSR count). The molecule has 0 aliphatic heterocycles. The monoisotopic (exact) mass is 228 g/mol. The smallest absolute Gasteiger partial charge is 0.161 e. The van der Waals surface area contributed by atoms with Crippen molar-refractivity contribution >= 4 is 11.0 Å². The number of ether oxygens (including phenoxy) is 1. The van der Waals surface area contributed by atoms with Gasteiger partial charge in [0.05, 0.1) is 24.4 Å². The number of nitrogens with zero attached hydrogens (tertiary/aromatic N) is 4. The van der Waals surface area contributed by atoms with E-state index in [9.17, 15) is 0 Å².